The van der Waals surface area contributed by atoms with Crippen LogP contribution in [0.2, 0.25) is 0 Å². The van der Waals surface area contributed by atoms with Crippen LogP contribution in [0.4, 0.5) is 5.69 Å². The van der Waals surface area contributed by atoms with Crippen LogP contribution in [0.15, 0.2) is 47.5 Å². The lowest BCUT2D eigenvalue weighted by Crippen LogP contribution is -2.22. The molecule has 2 rings (SSSR count). The summed E-state index contributed by atoms with van der Waals surface area (Å²) in [6, 6.07) is 14.1. The average Bonchev–Trinajstić information content (AvgIpc) is 2.61. The summed E-state index contributed by atoms with van der Waals surface area (Å²) in [5.41, 5.74) is 9.29. The van der Waals surface area contributed by atoms with Crippen LogP contribution in [-0.2, 0) is 6.42 Å². The van der Waals surface area contributed by atoms with Gasteiger partial charge in [-0.05, 0) is 56.5 Å². The first-order chi connectivity index (χ1) is 12.1. The fourth-order valence-corrected chi connectivity index (χ4v) is 2.45. The van der Waals surface area contributed by atoms with Crippen LogP contribution in [0.5, 0.6) is 11.5 Å². The Bertz CT molecular complexity index is 697. The lowest BCUT2D eigenvalue weighted by Gasteiger charge is -2.11. The summed E-state index contributed by atoms with van der Waals surface area (Å²) < 4.78 is 10.9. The van der Waals surface area contributed by atoms with Crippen molar-refractivity contribution in [3.63, 3.8) is 0 Å². The van der Waals surface area contributed by atoms with E-state index in [4.69, 9.17) is 15.2 Å². The highest BCUT2D eigenvalue weighted by Crippen LogP contribution is 2.28. The molecule has 0 fully saturated rings. The maximum Gasteiger partial charge on any atom is 0.193 e. The Morgan fingerprint density at radius 2 is 1.88 bits per heavy atom. The highest BCUT2D eigenvalue weighted by Gasteiger charge is 2.05. The Balaban J connectivity index is 1.83. The summed E-state index contributed by atoms with van der Waals surface area (Å²) >= 11 is 0. The van der Waals surface area contributed by atoms with Crippen molar-refractivity contribution in [3.8, 4) is 11.5 Å². The molecule has 0 spiro atoms. The second-order valence-electron chi connectivity index (χ2n) is 5.78. The number of rotatable bonds is 8. The number of ether oxygens (including phenoxy) is 2. The van der Waals surface area contributed by atoms with E-state index >= 15 is 0 Å². The highest BCUT2D eigenvalue weighted by atomic mass is 16.5. The van der Waals surface area contributed by atoms with E-state index in [1.165, 1.54) is 11.1 Å². The number of aryl methyl sites for hydroxylation is 2. The number of methoxy groups -OCH3 is 1. The quantitative estimate of drug-likeness (QED) is 0.436. The van der Waals surface area contributed by atoms with Crippen LogP contribution in [0.3, 0.4) is 0 Å². The number of guanidine groups is 1. The van der Waals surface area contributed by atoms with Gasteiger partial charge in [0.15, 0.2) is 17.5 Å². The molecule has 0 aliphatic heterocycles. The van der Waals surface area contributed by atoms with Gasteiger partial charge in [-0.2, -0.15) is 0 Å². The summed E-state index contributed by atoms with van der Waals surface area (Å²) in [4.78, 5) is 4.38. The fourth-order valence-electron chi connectivity index (χ4n) is 2.45. The number of hydrogen-bond donors (Lipinski definition) is 2. The van der Waals surface area contributed by atoms with E-state index in [1.54, 1.807) is 7.11 Å². The molecule has 3 N–H and O–H groups in total. The van der Waals surface area contributed by atoms with Crippen molar-refractivity contribution < 1.29 is 9.47 Å². The highest BCUT2D eigenvalue weighted by molar-refractivity contribution is 5.92. The molecular weight excluding hydrogens is 314 g/mol. The summed E-state index contributed by atoms with van der Waals surface area (Å²) in [7, 11) is 1.65. The molecule has 2 aromatic carbocycles. The van der Waals surface area contributed by atoms with Crippen LogP contribution < -0.4 is 20.5 Å². The van der Waals surface area contributed by atoms with E-state index in [2.05, 4.69) is 23.3 Å². The van der Waals surface area contributed by atoms with Crippen LogP contribution >= 0.6 is 0 Å². The molecule has 0 heterocycles. The predicted molar refractivity (Wildman–Crippen MR) is 104 cm³/mol. The van der Waals surface area contributed by atoms with E-state index in [-0.39, 0.29) is 0 Å². The molecule has 0 aliphatic carbocycles. The van der Waals surface area contributed by atoms with E-state index in [0.29, 0.717) is 19.1 Å². The molecule has 5 heteroatoms. The van der Waals surface area contributed by atoms with Crippen molar-refractivity contribution in [1.29, 1.82) is 0 Å². The normalized spacial score (nSPS) is 11.2. The van der Waals surface area contributed by atoms with Gasteiger partial charge in [-0.25, -0.2) is 0 Å². The summed E-state index contributed by atoms with van der Waals surface area (Å²) in [5.74, 6) is 1.98. The molecule has 0 unspecified atom stereocenters. The van der Waals surface area contributed by atoms with E-state index in [0.717, 1.165) is 30.0 Å². The van der Waals surface area contributed by atoms with Crippen LogP contribution in [0.25, 0.3) is 0 Å². The standard InChI is InChI=1S/C20H27N3O2/c1-4-25-19-14-16(9-12-18(19)24-3)6-5-13-22-20(21)23-17-10-7-15(2)8-11-17/h7-12,14H,4-6,13H2,1-3H3,(H3,21,22,23). The number of benzene rings is 2. The lowest BCUT2D eigenvalue weighted by atomic mass is 10.1. The Morgan fingerprint density at radius 1 is 1.12 bits per heavy atom. The molecule has 0 saturated heterocycles. The lowest BCUT2D eigenvalue weighted by molar-refractivity contribution is 0.310. The molecule has 0 saturated carbocycles. The van der Waals surface area contributed by atoms with Gasteiger partial charge in [-0.1, -0.05) is 23.8 Å². The molecule has 25 heavy (non-hydrogen) atoms. The Kier molecular flexibility index (Phi) is 7.14. The van der Waals surface area contributed by atoms with Crippen LogP contribution in [0, 0.1) is 6.92 Å². The molecule has 0 radical (unpaired) electrons. The molecule has 0 bridgehead atoms. The smallest absolute Gasteiger partial charge is 0.193 e. The zero-order valence-electron chi connectivity index (χ0n) is 15.2. The summed E-state index contributed by atoms with van der Waals surface area (Å²) in [5, 5.41) is 3.10. The number of nitrogens with one attached hydrogen (secondary N) is 1. The number of hydrogen-bond acceptors (Lipinski definition) is 3. The molecule has 2 aromatic rings. The zero-order chi connectivity index (χ0) is 18.1. The second-order valence-corrected chi connectivity index (χ2v) is 5.78. The first-order valence-corrected chi connectivity index (χ1v) is 8.55. The van der Waals surface area contributed by atoms with Gasteiger partial charge < -0.3 is 20.5 Å². The third-order valence-electron chi connectivity index (χ3n) is 3.76. The van der Waals surface area contributed by atoms with Crippen molar-refractivity contribution in [2.24, 2.45) is 10.7 Å². The van der Waals surface area contributed by atoms with Gasteiger partial charge in [-0.3, -0.25) is 4.99 Å². The number of nitrogens with zero attached hydrogens (tertiary/aromatic N) is 1. The van der Waals surface area contributed by atoms with Crippen molar-refractivity contribution in [2.75, 3.05) is 25.6 Å². The van der Waals surface area contributed by atoms with Crippen molar-refractivity contribution in [3.05, 3.63) is 53.6 Å². The first-order valence-electron chi connectivity index (χ1n) is 8.55. The van der Waals surface area contributed by atoms with Gasteiger partial charge in [0, 0.05) is 12.2 Å². The first kappa shape index (κ1) is 18.6. The largest absolute Gasteiger partial charge is 0.493 e. The van der Waals surface area contributed by atoms with E-state index in [1.807, 2.05) is 43.3 Å². The molecular formula is C20H27N3O2. The molecule has 5 nitrogen and oxygen atoms in total. The third kappa shape index (κ3) is 6.03. The molecule has 0 atom stereocenters. The van der Waals surface area contributed by atoms with Crippen molar-refractivity contribution in [2.45, 2.75) is 26.7 Å². The molecule has 134 valence electrons. The van der Waals surface area contributed by atoms with Gasteiger partial charge in [0.05, 0.1) is 13.7 Å². The Labute approximate surface area is 149 Å². The maximum absolute atomic E-state index is 5.93. The van der Waals surface area contributed by atoms with E-state index < -0.39 is 0 Å². The minimum Gasteiger partial charge on any atom is -0.493 e. The minimum atomic E-state index is 0.439. The second kappa shape index (κ2) is 9.57. The van der Waals surface area contributed by atoms with E-state index in [9.17, 15) is 0 Å². The average molecular weight is 341 g/mol. The maximum atomic E-state index is 5.93. The van der Waals surface area contributed by atoms with Crippen molar-refractivity contribution >= 4 is 11.6 Å². The minimum absolute atomic E-state index is 0.439. The van der Waals surface area contributed by atoms with Gasteiger partial charge in [0.25, 0.3) is 0 Å². The molecule has 0 aromatic heterocycles. The van der Waals surface area contributed by atoms with Gasteiger partial charge >= 0.3 is 0 Å². The van der Waals surface area contributed by atoms with Crippen LogP contribution in [0.1, 0.15) is 24.5 Å². The fraction of sp³-hybridized carbons (Fsp3) is 0.350. The summed E-state index contributed by atoms with van der Waals surface area (Å²) in [6.07, 6.45) is 1.82. The number of nitrogens with two attached hydrogens (primary N) is 1. The SMILES string of the molecule is CCOc1cc(CCCN=C(N)Nc2ccc(C)cc2)ccc1OC. The van der Waals surface area contributed by atoms with Crippen molar-refractivity contribution in [1.82, 2.24) is 0 Å². The van der Waals surface area contributed by atoms with Gasteiger partial charge in [0.1, 0.15) is 0 Å². The van der Waals surface area contributed by atoms with Gasteiger partial charge in [0.2, 0.25) is 0 Å². The number of aliphatic imine (C=N–C) groups is 1. The molecule has 0 amide bonds. The number of anilines is 1. The topological polar surface area (TPSA) is 68.9 Å². The Hall–Kier alpha value is -2.69. The Morgan fingerprint density at radius 3 is 2.56 bits per heavy atom. The third-order valence-corrected chi connectivity index (χ3v) is 3.76. The summed E-state index contributed by atoms with van der Waals surface area (Å²) in [6.45, 7) is 5.30. The molecule has 0 aliphatic rings. The van der Waals surface area contributed by atoms with Gasteiger partial charge in [-0.15, -0.1) is 0 Å². The zero-order valence-corrected chi connectivity index (χ0v) is 15.2. The van der Waals surface area contributed by atoms with Crippen LogP contribution in [-0.4, -0.2) is 26.2 Å². The predicted octanol–water partition coefficient (Wildman–Crippen LogP) is 3.76. The monoisotopic (exact) mass is 341 g/mol.